The van der Waals surface area contributed by atoms with Crippen molar-refractivity contribution >= 4 is 0 Å². The fraction of sp³-hybridized carbons (Fsp3) is 0.667. The van der Waals surface area contributed by atoms with Crippen LogP contribution in [0, 0.1) is 12.7 Å². The molecule has 19 heavy (non-hydrogen) atoms. The number of piperidine rings is 2. The molecule has 0 radical (unpaired) electrons. The fourth-order valence-electron chi connectivity index (χ4n) is 3.87. The van der Waals surface area contributed by atoms with E-state index < -0.39 is 5.60 Å². The Morgan fingerprint density at radius 3 is 2.58 bits per heavy atom. The van der Waals surface area contributed by atoms with Crippen LogP contribution < -0.4 is 0 Å². The second kappa shape index (κ2) is 4.53. The smallest absolute Gasteiger partial charge is 0.141 e. The molecular weight excluding hydrogens is 243 g/mol. The van der Waals surface area contributed by atoms with Gasteiger partial charge in [0, 0.05) is 12.1 Å². The molecule has 0 aliphatic carbocycles. The number of hydrogen-bond acceptors (Lipinski definition) is 3. The molecule has 2 aliphatic rings. The largest absolute Gasteiger partial charge is 0.383 e. The first kappa shape index (κ1) is 13.0. The van der Waals surface area contributed by atoms with Gasteiger partial charge in [0.25, 0.3) is 0 Å². The summed E-state index contributed by atoms with van der Waals surface area (Å²) in [6.45, 7) is 1.83. The van der Waals surface area contributed by atoms with Crippen molar-refractivity contribution in [3.05, 3.63) is 29.3 Å². The quantitative estimate of drug-likeness (QED) is 0.846. The SMILES string of the molecule is Cc1cc(F)cnc1C1(O)CC2CCCC(C1)N2C. The molecule has 2 atom stereocenters. The van der Waals surface area contributed by atoms with E-state index in [9.17, 15) is 9.50 Å². The summed E-state index contributed by atoms with van der Waals surface area (Å²) in [6.07, 6.45) is 6.14. The first-order valence-electron chi connectivity index (χ1n) is 7.06. The van der Waals surface area contributed by atoms with Gasteiger partial charge in [-0.15, -0.1) is 0 Å². The predicted molar refractivity (Wildman–Crippen MR) is 71.3 cm³/mol. The summed E-state index contributed by atoms with van der Waals surface area (Å²) in [5, 5.41) is 11.0. The summed E-state index contributed by atoms with van der Waals surface area (Å²) in [4.78, 5) is 6.58. The zero-order valence-corrected chi connectivity index (χ0v) is 11.6. The van der Waals surface area contributed by atoms with Gasteiger partial charge in [0.1, 0.15) is 11.4 Å². The second-order valence-electron chi connectivity index (χ2n) is 6.16. The number of pyridine rings is 1. The summed E-state index contributed by atoms with van der Waals surface area (Å²) in [6, 6.07) is 2.31. The van der Waals surface area contributed by atoms with Gasteiger partial charge in [0.15, 0.2) is 0 Å². The van der Waals surface area contributed by atoms with Crippen molar-refractivity contribution in [2.75, 3.05) is 7.05 Å². The van der Waals surface area contributed by atoms with Crippen LogP contribution in [0.15, 0.2) is 12.3 Å². The third-order valence-electron chi connectivity index (χ3n) is 4.86. The Kier molecular flexibility index (Phi) is 3.10. The first-order chi connectivity index (χ1) is 8.99. The molecule has 1 aromatic rings. The Balaban J connectivity index is 1.95. The Labute approximate surface area is 113 Å². The first-order valence-corrected chi connectivity index (χ1v) is 7.06. The summed E-state index contributed by atoms with van der Waals surface area (Å²) >= 11 is 0. The van der Waals surface area contributed by atoms with Crippen molar-refractivity contribution < 1.29 is 9.50 Å². The minimum atomic E-state index is -0.889. The highest BCUT2D eigenvalue weighted by molar-refractivity contribution is 5.26. The normalized spacial score (nSPS) is 35.4. The molecule has 3 heterocycles. The Morgan fingerprint density at radius 1 is 1.37 bits per heavy atom. The maximum Gasteiger partial charge on any atom is 0.141 e. The van der Waals surface area contributed by atoms with Gasteiger partial charge in [-0.3, -0.25) is 4.98 Å². The van der Waals surface area contributed by atoms with Gasteiger partial charge in [0.05, 0.1) is 11.9 Å². The maximum atomic E-state index is 13.2. The summed E-state index contributed by atoms with van der Waals surface area (Å²) in [5.74, 6) is -0.335. The van der Waals surface area contributed by atoms with Crippen LogP contribution in [0.4, 0.5) is 4.39 Å². The average Bonchev–Trinajstić information content (AvgIpc) is 2.31. The van der Waals surface area contributed by atoms with Gasteiger partial charge >= 0.3 is 0 Å². The summed E-state index contributed by atoms with van der Waals surface area (Å²) in [5.41, 5.74) is 0.532. The van der Waals surface area contributed by atoms with Gasteiger partial charge in [0.2, 0.25) is 0 Å². The molecule has 2 fully saturated rings. The van der Waals surface area contributed by atoms with Crippen LogP contribution >= 0.6 is 0 Å². The Hall–Kier alpha value is -1.00. The number of nitrogens with zero attached hydrogens (tertiary/aromatic N) is 2. The number of halogens is 1. The number of aromatic nitrogens is 1. The summed E-state index contributed by atoms with van der Waals surface area (Å²) < 4.78 is 13.2. The van der Waals surface area contributed by atoms with Crippen molar-refractivity contribution in [1.82, 2.24) is 9.88 Å². The summed E-state index contributed by atoms with van der Waals surface area (Å²) in [7, 11) is 2.15. The molecule has 0 saturated carbocycles. The van der Waals surface area contributed by atoms with Crippen molar-refractivity contribution in [2.45, 2.75) is 56.7 Å². The number of aliphatic hydroxyl groups is 1. The molecule has 2 aliphatic heterocycles. The average molecular weight is 264 g/mol. The van der Waals surface area contributed by atoms with Crippen molar-refractivity contribution in [1.29, 1.82) is 0 Å². The molecular formula is C15H21FN2O. The number of hydrogen-bond donors (Lipinski definition) is 1. The van der Waals surface area contributed by atoms with Gasteiger partial charge in [-0.05, 0) is 51.3 Å². The second-order valence-corrected chi connectivity index (χ2v) is 6.16. The molecule has 0 aromatic carbocycles. The van der Waals surface area contributed by atoms with E-state index in [1.165, 1.54) is 18.7 Å². The highest BCUT2D eigenvalue weighted by atomic mass is 19.1. The molecule has 0 amide bonds. The molecule has 4 heteroatoms. The number of aryl methyl sites for hydroxylation is 1. The van der Waals surface area contributed by atoms with Crippen LogP contribution in [0.2, 0.25) is 0 Å². The maximum absolute atomic E-state index is 13.2. The van der Waals surface area contributed by atoms with Gasteiger partial charge < -0.3 is 10.0 Å². The highest BCUT2D eigenvalue weighted by Gasteiger charge is 2.46. The van der Waals surface area contributed by atoms with Crippen LogP contribution in [0.25, 0.3) is 0 Å². The van der Waals surface area contributed by atoms with Gasteiger partial charge in [-0.2, -0.15) is 0 Å². The zero-order chi connectivity index (χ0) is 13.6. The highest BCUT2D eigenvalue weighted by Crippen LogP contribution is 2.43. The van der Waals surface area contributed by atoms with Crippen molar-refractivity contribution in [3.63, 3.8) is 0 Å². The fourth-order valence-corrected chi connectivity index (χ4v) is 3.87. The molecule has 3 rings (SSSR count). The van der Waals surface area contributed by atoms with E-state index in [0.717, 1.165) is 18.4 Å². The van der Waals surface area contributed by atoms with Crippen LogP contribution in [-0.4, -0.2) is 34.1 Å². The van der Waals surface area contributed by atoms with Gasteiger partial charge in [-0.1, -0.05) is 6.42 Å². The van der Waals surface area contributed by atoms with E-state index in [2.05, 4.69) is 16.9 Å². The third-order valence-corrected chi connectivity index (χ3v) is 4.86. The van der Waals surface area contributed by atoms with E-state index in [4.69, 9.17) is 0 Å². The minimum Gasteiger partial charge on any atom is -0.383 e. The standard InChI is InChI=1S/C15H21FN2O/c1-10-6-11(16)9-17-14(10)15(19)7-12-4-3-5-13(8-15)18(12)2/h6,9,12-13,19H,3-5,7-8H2,1-2H3. The van der Waals surface area contributed by atoms with Gasteiger partial charge in [-0.25, -0.2) is 4.39 Å². The molecule has 2 saturated heterocycles. The van der Waals surface area contributed by atoms with Crippen LogP contribution in [0.3, 0.4) is 0 Å². The molecule has 2 bridgehead atoms. The van der Waals surface area contributed by atoms with E-state index in [1.54, 1.807) is 0 Å². The predicted octanol–water partition coefficient (Wildman–Crippen LogP) is 2.36. The van der Waals surface area contributed by atoms with Crippen LogP contribution in [-0.2, 0) is 5.60 Å². The van der Waals surface area contributed by atoms with E-state index in [0.29, 0.717) is 30.6 Å². The lowest BCUT2D eigenvalue weighted by molar-refractivity contribution is -0.0902. The monoisotopic (exact) mass is 264 g/mol. The number of rotatable bonds is 1. The molecule has 2 unspecified atom stereocenters. The molecule has 3 nitrogen and oxygen atoms in total. The third kappa shape index (κ3) is 2.17. The van der Waals surface area contributed by atoms with Crippen LogP contribution in [0.5, 0.6) is 0 Å². The lowest BCUT2D eigenvalue weighted by atomic mass is 9.73. The van der Waals surface area contributed by atoms with E-state index in [1.807, 2.05) is 6.92 Å². The lowest BCUT2D eigenvalue weighted by Gasteiger charge is -2.50. The van der Waals surface area contributed by atoms with Crippen molar-refractivity contribution in [3.8, 4) is 0 Å². The lowest BCUT2D eigenvalue weighted by Crippen LogP contribution is -2.55. The van der Waals surface area contributed by atoms with Crippen LogP contribution in [0.1, 0.15) is 43.4 Å². The minimum absolute atomic E-state index is 0.335. The number of fused-ring (bicyclic) bond motifs is 2. The van der Waals surface area contributed by atoms with E-state index >= 15 is 0 Å². The molecule has 0 spiro atoms. The Morgan fingerprint density at radius 2 is 2.00 bits per heavy atom. The molecule has 104 valence electrons. The zero-order valence-electron chi connectivity index (χ0n) is 11.6. The van der Waals surface area contributed by atoms with Crippen molar-refractivity contribution in [2.24, 2.45) is 0 Å². The molecule has 1 aromatic heterocycles. The van der Waals surface area contributed by atoms with E-state index in [-0.39, 0.29) is 5.82 Å². The molecule has 1 N–H and O–H groups in total. The Bertz CT molecular complexity index is 477. The topological polar surface area (TPSA) is 36.4 Å².